The van der Waals surface area contributed by atoms with Gasteiger partial charge in [0.05, 0.1) is 12.3 Å². The number of piperidine rings is 1. The van der Waals surface area contributed by atoms with Crippen LogP contribution in [0.25, 0.3) is 0 Å². The fourth-order valence-corrected chi connectivity index (χ4v) is 2.22. The molecule has 0 unspecified atom stereocenters. The molecule has 0 aliphatic carbocycles. The zero-order valence-electron chi connectivity index (χ0n) is 11.6. The molecular formula is C14H20F2N2O2. The summed E-state index contributed by atoms with van der Waals surface area (Å²) in [5, 5.41) is 0. The number of benzene rings is 1. The molecule has 2 rings (SSSR count). The minimum absolute atomic E-state index is 0.130. The largest absolute Gasteiger partial charge is 0.489 e. The molecule has 0 atom stereocenters. The molecular weight excluding hydrogens is 266 g/mol. The maximum atomic E-state index is 13.2. The standard InChI is InChI=1S/C14H20F2N2O2/c1-19-8-9-20-13-10-11(17)2-3-12(13)18-6-4-14(15,16)5-7-18/h2-3,10H,4-9,17H2,1H3. The van der Waals surface area contributed by atoms with Crippen LogP contribution in [0, 0.1) is 0 Å². The number of halogens is 2. The number of nitrogens with two attached hydrogens (primary N) is 1. The molecule has 1 aromatic rings. The Hall–Kier alpha value is -1.56. The van der Waals surface area contributed by atoms with Gasteiger partial charge in [-0.15, -0.1) is 0 Å². The molecule has 1 heterocycles. The molecule has 1 fully saturated rings. The normalized spacial score (nSPS) is 18.1. The topological polar surface area (TPSA) is 47.7 Å². The van der Waals surface area contributed by atoms with Crippen molar-refractivity contribution < 1.29 is 18.3 Å². The van der Waals surface area contributed by atoms with E-state index in [1.165, 1.54) is 0 Å². The Morgan fingerprint density at radius 3 is 2.60 bits per heavy atom. The highest BCUT2D eigenvalue weighted by Gasteiger charge is 2.34. The first-order chi connectivity index (χ1) is 9.52. The van der Waals surface area contributed by atoms with Crippen LogP contribution in [0.1, 0.15) is 12.8 Å². The van der Waals surface area contributed by atoms with Gasteiger partial charge in [-0.1, -0.05) is 0 Å². The van der Waals surface area contributed by atoms with Crippen molar-refractivity contribution in [1.29, 1.82) is 0 Å². The first-order valence-electron chi connectivity index (χ1n) is 6.66. The molecule has 0 spiro atoms. The number of nitrogens with zero attached hydrogens (tertiary/aromatic N) is 1. The molecule has 20 heavy (non-hydrogen) atoms. The van der Waals surface area contributed by atoms with Gasteiger partial charge in [-0.05, 0) is 12.1 Å². The van der Waals surface area contributed by atoms with Gasteiger partial charge < -0.3 is 20.1 Å². The quantitative estimate of drug-likeness (QED) is 0.667. The van der Waals surface area contributed by atoms with Gasteiger partial charge in [0, 0.05) is 44.8 Å². The maximum Gasteiger partial charge on any atom is 0.251 e. The van der Waals surface area contributed by atoms with E-state index in [1.54, 1.807) is 19.2 Å². The van der Waals surface area contributed by atoms with Gasteiger partial charge in [-0.25, -0.2) is 8.78 Å². The summed E-state index contributed by atoms with van der Waals surface area (Å²) in [5.74, 6) is -1.94. The molecule has 1 aromatic carbocycles. The molecule has 1 aliphatic heterocycles. The van der Waals surface area contributed by atoms with Crippen LogP contribution >= 0.6 is 0 Å². The van der Waals surface area contributed by atoms with E-state index in [0.29, 0.717) is 37.7 Å². The summed E-state index contributed by atoms with van der Waals surface area (Å²) in [7, 11) is 1.59. The van der Waals surface area contributed by atoms with E-state index >= 15 is 0 Å². The SMILES string of the molecule is COCCOc1cc(N)ccc1N1CCC(F)(F)CC1. The summed E-state index contributed by atoms with van der Waals surface area (Å²) in [4.78, 5) is 1.92. The van der Waals surface area contributed by atoms with Gasteiger partial charge in [0.2, 0.25) is 0 Å². The lowest BCUT2D eigenvalue weighted by Crippen LogP contribution is -2.39. The predicted octanol–water partition coefficient (Wildman–Crippen LogP) is 2.53. The summed E-state index contributed by atoms with van der Waals surface area (Å²) in [5.41, 5.74) is 7.15. The van der Waals surface area contributed by atoms with Crippen molar-refractivity contribution in [2.75, 3.05) is 44.0 Å². The fraction of sp³-hybridized carbons (Fsp3) is 0.571. The van der Waals surface area contributed by atoms with E-state index in [4.69, 9.17) is 15.2 Å². The van der Waals surface area contributed by atoms with Crippen LogP contribution in [0.15, 0.2) is 18.2 Å². The Morgan fingerprint density at radius 2 is 1.95 bits per heavy atom. The van der Waals surface area contributed by atoms with Crippen LogP contribution < -0.4 is 15.4 Å². The molecule has 1 saturated heterocycles. The van der Waals surface area contributed by atoms with Crippen molar-refractivity contribution in [1.82, 2.24) is 0 Å². The van der Waals surface area contributed by atoms with E-state index < -0.39 is 5.92 Å². The smallest absolute Gasteiger partial charge is 0.251 e. The van der Waals surface area contributed by atoms with E-state index in [0.717, 1.165) is 5.69 Å². The number of hydrogen-bond donors (Lipinski definition) is 1. The monoisotopic (exact) mass is 286 g/mol. The summed E-state index contributed by atoms with van der Waals surface area (Å²) < 4.78 is 37.0. The molecule has 4 nitrogen and oxygen atoms in total. The third-order valence-corrected chi connectivity index (χ3v) is 3.36. The number of nitrogen functional groups attached to an aromatic ring is 1. The minimum atomic E-state index is -2.55. The van der Waals surface area contributed by atoms with Crippen molar-refractivity contribution in [2.45, 2.75) is 18.8 Å². The number of anilines is 2. The number of alkyl halides is 2. The summed E-state index contributed by atoms with van der Waals surface area (Å²) in [6.07, 6.45) is -0.260. The van der Waals surface area contributed by atoms with Crippen LogP contribution in [0.2, 0.25) is 0 Å². The Kier molecular flexibility index (Phi) is 4.65. The Morgan fingerprint density at radius 1 is 1.25 bits per heavy atom. The molecule has 2 N–H and O–H groups in total. The van der Waals surface area contributed by atoms with E-state index in [9.17, 15) is 8.78 Å². The first-order valence-corrected chi connectivity index (χ1v) is 6.66. The number of methoxy groups -OCH3 is 1. The summed E-state index contributed by atoms with van der Waals surface area (Å²) in [6.45, 7) is 1.50. The van der Waals surface area contributed by atoms with Crippen LogP contribution in [0.4, 0.5) is 20.2 Å². The molecule has 0 radical (unpaired) electrons. The van der Waals surface area contributed by atoms with Crippen LogP contribution in [0.5, 0.6) is 5.75 Å². The average Bonchev–Trinajstić information content (AvgIpc) is 2.40. The third-order valence-electron chi connectivity index (χ3n) is 3.36. The zero-order valence-corrected chi connectivity index (χ0v) is 11.6. The molecule has 0 amide bonds. The Labute approximate surface area is 117 Å². The number of ether oxygens (including phenoxy) is 2. The summed E-state index contributed by atoms with van der Waals surface area (Å²) in [6, 6.07) is 5.30. The van der Waals surface area contributed by atoms with Crippen LogP contribution in [-0.4, -0.2) is 39.3 Å². The third kappa shape index (κ3) is 3.72. The lowest BCUT2D eigenvalue weighted by molar-refractivity contribution is -0.0221. The van der Waals surface area contributed by atoms with Gasteiger partial charge in [0.1, 0.15) is 12.4 Å². The number of rotatable bonds is 5. The molecule has 0 aromatic heterocycles. The first kappa shape index (κ1) is 14.8. The molecule has 1 aliphatic rings. The zero-order chi connectivity index (χ0) is 14.6. The Balaban J connectivity index is 2.10. The second-order valence-corrected chi connectivity index (χ2v) is 4.91. The highest BCUT2D eigenvalue weighted by atomic mass is 19.3. The molecule has 0 bridgehead atoms. The highest BCUT2D eigenvalue weighted by molar-refractivity contribution is 5.64. The second-order valence-electron chi connectivity index (χ2n) is 4.91. The van der Waals surface area contributed by atoms with E-state index in [1.807, 2.05) is 11.0 Å². The van der Waals surface area contributed by atoms with Gasteiger partial charge >= 0.3 is 0 Å². The van der Waals surface area contributed by atoms with Gasteiger partial charge in [-0.2, -0.15) is 0 Å². The Bertz CT molecular complexity index is 445. The lowest BCUT2D eigenvalue weighted by atomic mass is 10.1. The van der Waals surface area contributed by atoms with Gasteiger partial charge in [0.15, 0.2) is 0 Å². The van der Waals surface area contributed by atoms with Crippen molar-refractivity contribution in [3.63, 3.8) is 0 Å². The van der Waals surface area contributed by atoms with Gasteiger partial charge in [-0.3, -0.25) is 0 Å². The van der Waals surface area contributed by atoms with Crippen molar-refractivity contribution in [2.24, 2.45) is 0 Å². The van der Waals surface area contributed by atoms with Gasteiger partial charge in [0.25, 0.3) is 5.92 Å². The van der Waals surface area contributed by atoms with Crippen LogP contribution in [0.3, 0.4) is 0 Å². The van der Waals surface area contributed by atoms with Crippen molar-refractivity contribution >= 4 is 11.4 Å². The molecule has 0 saturated carbocycles. The summed E-state index contributed by atoms with van der Waals surface area (Å²) >= 11 is 0. The highest BCUT2D eigenvalue weighted by Crippen LogP contribution is 2.36. The lowest BCUT2D eigenvalue weighted by Gasteiger charge is -2.34. The van der Waals surface area contributed by atoms with Crippen molar-refractivity contribution in [3.05, 3.63) is 18.2 Å². The van der Waals surface area contributed by atoms with E-state index in [2.05, 4.69) is 0 Å². The predicted molar refractivity (Wildman–Crippen MR) is 74.6 cm³/mol. The van der Waals surface area contributed by atoms with E-state index in [-0.39, 0.29) is 12.8 Å². The minimum Gasteiger partial charge on any atom is -0.489 e. The van der Waals surface area contributed by atoms with Crippen molar-refractivity contribution in [3.8, 4) is 5.75 Å². The maximum absolute atomic E-state index is 13.2. The molecule has 6 heteroatoms. The second kappa shape index (κ2) is 6.26. The number of hydrogen-bond acceptors (Lipinski definition) is 4. The fourth-order valence-electron chi connectivity index (χ4n) is 2.22. The molecule has 112 valence electrons. The van der Waals surface area contributed by atoms with Crippen LogP contribution in [-0.2, 0) is 4.74 Å². The average molecular weight is 286 g/mol.